The third-order valence-corrected chi connectivity index (χ3v) is 10.4. The molecule has 13 heteroatoms. The second-order valence-electron chi connectivity index (χ2n) is 15.0. The fourth-order valence-electron chi connectivity index (χ4n) is 6.27. The van der Waals surface area contributed by atoms with Crippen LogP contribution in [0, 0.1) is 0 Å². The van der Waals surface area contributed by atoms with Crippen LogP contribution in [0.5, 0.6) is 0 Å². The molecule has 0 aromatic heterocycles. The fraction of sp³-hybridized carbons (Fsp3) is 0.773. The third-order valence-electron chi connectivity index (χ3n) is 9.64. The zero-order valence-corrected chi connectivity index (χ0v) is 35.7. The summed E-state index contributed by atoms with van der Waals surface area (Å²) in [5.41, 5.74) is 0. The standard InChI is InChI=1S/C44H76O12S/c1-3-5-7-9-11-13-15-17-18-19-20-21-23-25-27-29-31-33-40(46)55-37(35-54-44-43(49)42(48)41(47)38(56-44)36-57(50,51)52)34-53-39(45)32-30-28-26-24-22-16-14-12-10-8-6-4-2/h5,7,11-14,17-18,37-38,41-44,47-49H,3-4,6,8-10,15-16,19-36H2,1-2H3,(H,50,51,52)/b7-5-,13-11-,14-12-,18-17-. The smallest absolute Gasteiger partial charge is 0.306 e. The van der Waals surface area contributed by atoms with Gasteiger partial charge in [-0.05, 0) is 70.6 Å². The molecular formula is C44H76O12S. The molecule has 0 radical (unpaired) electrons. The molecule has 0 saturated carbocycles. The van der Waals surface area contributed by atoms with Gasteiger partial charge in [0.1, 0.15) is 36.8 Å². The number of carbonyl (C=O) groups is 2. The lowest BCUT2D eigenvalue weighted by Gasteiger charge is -2.40. The van der Waals surface area contributed by atoms with Crippen LogP contribution in [-0.4, -0.2) is 96.0 Å². The van der Waals surface area contributed by atoms with E-state index in [4.69, 9.17) is 18.9 Å². The number of ether oxygens (including phenoxy) is 4. The minimum Gasteiger partial charge on any atom is -0.462 e. The maximum absolute atomic E-state index is 12.8. The minimum absolute atomic E-state index is 0.150. The van der Waals surface area contributed by atoms with Crippen molar-refractivity contribution in [1.82, 2.24) is 0 Å². The summed E-state index contributed by atoms with van der Waals surface area (Å²) in [5.74, 6) is -2.01. The Balaban J connectivity index is 2.47. The molecule has 6 atom stereocenters. The second-order valence-corrected chi connectivity index (χ2v) is 16.5. The van der Waals surface area contributed by atoms with E-state index in [-0.39, 0.29) is 19.4 Å². The van der Waals surface area contributed by atoms with E-state index in [2.05, 4.69) is 62.5 Å². The van der Waals surface area contributed by atoms with Gasteiger partial charge < -0.3 is 34.3 Å². The Kier molecular flexibility index (Phi) is 31.8. The van der Waals surface area contributed by atoms with E-state index in [1.807, 2.05) is 0 Å². The molecule has 330 valence electrons. The van der Waals surface area contributed by atoms with Crippen molar-refractivity contribution in [3.05, 3.63) is 48.6 Å². The van der Waals surface area contributed by atoms with Gasteiger partial charge in [0.2, 0.25) is 0 Å². The lowest BCUT2D eigenvalue weighted by Crippen LogP contribution is -2.60. The van der Waals surface area contributed by atoms with Crippen molar-refractivity contribution < 1.29 is 56.8 Å². The van der Waals surface area contributed by atoms with Crippen molar-refractivity contribution in [1.29, 1.82) is 0 Å². The number of carbonyl (C=O) groups excluding carboxylic acids is 2. The monoisotopic (exact) mass is 829 g/mol. The Morgan fingerprint density at radius 2 is 1.11 bits per heavy atom. The number of aliphatic hydroxyl groups excluding tert-OH is 3. The van der Waals surface area contributed by atoms with Crippen LogP contribution in [0.25, 0.3) is 0 Å². The van der Waals surface area contributed by atoms with E-state index in [0.29, 0.717) is 12.8 Å². The number of rotatable bonds is 35. The number of unbranched alkanes of at least 4 members (excludes halogenated alkanes) is 15. The average Bonchev–Trinajstić information content (AvgIpc) is 3.17. The van der Waals surface area contributed by atoms with Gasteiger partial charge in [-0.2, -0.15) is 8.42 Å². The SMILES string of the molecule is CC/C=C\C/C=C\C/C=C\CCCCCCCCCC(=O)OC(COC(=O)CCCCCCC/C=C\CCCCC)COC1OC(CS(=O)(=O)O)C(O)C(O)C1O. The van der Waals surface area contributed by atoms with Gasteiger partial charge in [0.15, 0.2) is 12.4 Å². The van der Waals surface area contributed by atoms with Crippen LogP contribution in [-0.2, 0) is 38.7 Å². The van der Waals surface area contributed by atoms with Gasteiger partial charge in [0, 0.05) is 12.8 Å². The van der Waals surface area contributed by atoms with E-state index in [0.717, 1.165) is 103 Å². The van der Waals surface area contributed by atoms with Gasteiger partial charge in [-0.25, -0.2) is 0 Å². The summed E-state index contributed by atoms with van der Waals surface area (Å²) in [5, 5.41) is 30.8. The molecule has 1 heterocycles. The zero-order chi connectivity index (χ0) is 42.0. The van der Waals surface area contributed by atoms with E-state index < -0.39 is 71.2 Å². The predicted molar refractivity (Wildman–Crippen MR) is 224 cm³/mol. The molecule has 1 rings (SSSR count). The highest BCUT2D eigenvalue weighted by Gasteiger charge is 2.46. The molecule has 57 heavy (non-hydrogen) atoms. The number of aliphatic hydroxyl groups is 3. The van der Waals surface area contributed by atoms with Crippen molar-refractivity contribution in [3.63, 3.8) is 0 Å². The van der Waals surface area contributed by atoms with Crippen LogP contribution in [0.4, 0.5) is 0 Å². The summed E-state index contributed by atoms with van der Waals surface area (Å²) in [6.07, 6.45) is 30.1. The van der Waals surface area contributed by atoms with Crippen molar-refractivity contribution in [2.45, 2.75) is 198 Å². The summed E-state index contributed by atoms with van der Waals surface area (Å²) in [6, 6.07) is 0. The fourth-order valence-corrected chi connectivity index (χ4v) is 6.96. The normalized spacial score (nSPS) is 21.0. The van der Waals surface area contributed by atoms with Crippen LogP contribution in [0.2, 0.25) is 0 Å². The molecule has 0 spiro atoms. The molecule has 6 unspecified atom stereocenters. The molecule has 1 aliphatic rings. The summed E-state index contributed by atoms with van der Waals surface area (Å²) in [7, 11) is -4.60. The van der Waals surface area contributed by atoms with Gasteiger partial charge in [-0.1, -0.05) is 127 Å². The Morgan fingerprint density at radius 1 is 0.614 bits per heavy atom. The first-order valence-electron chi connectivity index (χ1n) is 21.7. The quantitative estimate of drug-likeness (QED) is 0.0207. The number of hydrogen-bond donors (Lipinski definition) is 4. The predicted octanol–water partition coefficient (Wildman–Crippen LogP) is 8.39. The Bertz CT molecular complexity index is 1250. The number of hydrogen-bond acceptors (Lipinski definition) is 11. The first-order chi connectivity index (χ1) is 27.5. The summed E-state index contributed by atoms with van der Waals surface area (Å²) in [6.45, 7) is 3.59. The van der Waals surface area contributed by atoms with Gasteiger partial charge in [0.05, 0.1) is 6.61 Å². The van der Waals surface area contributed by atoms with E-state index >= 15 is 0 Å². The first-order valence-corrected chi connectivity index (χ1v) is 23.3. The zero-order valence-electron chi connectivity index (χ0n) is 34.9. The van der Waals surface area contributed by atoms with Crippen molar-refractivity contribution >= 4 is 22.1 Å². The molecule has 0 aromatic carbocycles. The topological polar surface area (TPSA) is 186 Å². The Morgan fingerprint density at radius 3 is 1.67 bits per heavy atom. The van der Waals surface area contributed by atoms with Gasteiger partial charge in [0.25, 0.3) is 10.1 Å². The summed E-state index contributed by atoms with van der Waals surface area (Å²) < 4.78 is 54.0. The Labute approximate surface area is 343 Å². The third kappa shape index (κ3) is 29.5. The molecule has 1 saturated heterocycles. The molecule has 0 amide bonds. The van der Waals surface area contributed by atoms with Crippen molar-refractivity contribution in [3.8, 4) is 0 Å². The van der Waals surface area contributed by atoms with E-state index in [1.165, 1.54) is 19.3 Å². The maximum Gasteiger partial charge on any atom is 0.306 e. The second kappa shape index (κ2) is 34.5. The van der Waals surface area contributed by atoms with Crippen molar-refractivity contribution in [2.24, 2.45) is 0 Å². The van der Waals surface area contributed by atoms with Crippen LogP contribution in [0.1, 0.15) is 162 Å². The van der Waals surface area contributed by atoms with Gasteiger partial charge in [-0.3, -0.25) is 14.1 Å². The van der Waals surface area contributed by atoms with Crippen LogP contribution in [0.3, 0.4) is 0 Å². The lowest BCUT2D eigenvalue weighted by atomic mass is 10.00. The Hall–Kier alpha value is -2.39. The van der Waals surface area contributed by atoms with Gasteiger partial charge in [-0.15, -0.1) is 0 Å². The number of esters is 2. The van der Waals surface area contributed by atoms with Crippen LogP contribution < -0.4 is 0 Å². The first kappa shape index (κ1) is 52.6. The maximum atomic E-state index is 12.8. The summed E-state index contributed by atoms with van der Waals surface area (Å²) >= 11 is 0. The largest absolute Gasteiger partial charge is 0.462 e. The molecule has 0 bridgehead atoms. The van der Waals surface area contributed by atoms with E-state index in [1.54, 1.807) is 0 Å². The van der Waals surface area contributed by atoms with Crippen molar-refractivity contribution in [2.75, 3.05) is 19.0 Å². The molecule has 1 fully saturated rings. The molecule has 4 N–H and O–H groups in total. The highest BCUT2D eigenvalue weighted by atomic mass is 32.2. The molecule has 12 nitrogen and oxygen atoms in total. The van der Waals surface area contributed by atoms with Gasteiger partial charge >= 0.3 is 11.9 Å². The summed E-state index contributed by atoms with van der Waals surface area (Å²) in [4.78, 5) is 25.3. The highest BCUT2D eigenvalue weighted by Crippen LogP contribution is 2.24. The molecule has 0 aromatic rings. The molecule has 0 aliphatic carbocycles. The highest BCUT2D eigenvalue weighted by molar-refractivity contribution is 7.85. The van der Waals surface area contributed by atoms with Crippen LogP contribution in [0.15, 0.2) is 48.6 Å². The van der Waals surface area contributed by atoms with Crippen LogP contribution >= 0.6 is 0 Å². The average molecular weight is 829 g/mol. The molecule has 1 aliphatic heterocycles. The lowest BCUT2D eigenvalue weighted by molar-refractivity contribution is -0.297. The molecular weight excluding hydrogens is 753 g/mol. The minimum atomic E-state index is -4.60. The van der Waals surface area contributed by atoms with E-state index in [9.17, 15) is 37.9 Å². The number of allylic oxidation sites excluding steroid dienone is 8.